The van der Waals surface area contributed by atoms with E-state index in [9.17, 15) is 9.59 Å². The summed E-state index contributed by atoms with van der Waals surface area (Å²) in [4.78, 5) is 23.0. The first-order valence-corrected chi connectivity index (χ1v) is 10.9. The minimum absolute atomic E-state index is 0.0819. The normalized spacial score (nSPS) is 28.0. The summed E-state index contributed by atoms with van der Waals surface area (Å²) in [7, 11) is -1.76. The largest absolute Gasteiger partial charge is 0.464 e. The van der Waals surface area contributed by atoms with Crippen LogP contribution in [0.4, 0.5) is 0 Å². The van der Waals surface area contributed by atoms with Crippen molar-refractivity contribution in [3.8, 4) is 0 Å². The first kappa shape index (κ1) is 17.0. The highest BCUT2D eigenvalue weighted by Crippen LogP contribution is 2.55. The van der Waals surface area contributed by atoms with Crippen LogP contribution < -0.4 is 5.32 Å². The van der Waals surface area contributed by atoms with E-state index in [2.05, 4.69) is 63.5 Å². The number of hydrogen-bond acceptors (Lipinski definition) is 3. The van der Waals surface area contributed by atoms with E-state index in [1.807, 2.05) is 0 Å². The second-order valence-corrected chi connectivity index (χ2v) is 13.7. The maximum absolute atomic E-state index is 12.1. The molecule has 0 aromatic heterocycles. The van der Waals surface area contributed by atoms with Crippen molar-refractivity contribution in [1.82, 2.24) is 5.32 Å². The third kappa shape index (κ3) is 2.91. The van der Waals surface area contributed by atoms with Crippen LogP contribution in [0.1, 0.15) is 33.6 Å². The van der Waals surface area contributed by atoms with Crippen LogP contribution in [0, 0.1) is 0 Å². The van der Waals surface area contributed by atoms with Gasteiger partial charge in [-0.25, -0.2) is 4.79 Å². The number of rotatable bonds is 4. The molecule has 1 amide bonds. The van der Waals surface area contributed by atoms with Crippen LogP contribution in [-0.4, -0.2) is 32.6 Å². The molecule has 1 aliphatic carbocycles. The molecule has 0 bridgehead atoms. The van der Waals surface area contributed by atoms with Gasteiger partial charge in [-0.05, 0) is 11.5 Å². The molecule has 122 valence electrons. The highest BCUT2D eigenvalue weighted by atomic mass is 28.3. The van der Waals surface area contributed by atoms with Gasteiger partial charge in [0.25, 0.3) is 0 Å². The molecule has 2 unspecified atom stereocenters. The molecule has 2 atom stereocenters. The molecule has 2 rings (SSSR count). The lowest BCUT2D eigenvalue weighted by molar-refractivity contribution is -0.153. The number of allylic oxidation sites excluding steroid dienone is 3. The van der Waals surface area contributed by atoms with Crippen molar-refractivity contribution in [2.24, 2.45) is 0 Å². The Kier molecular flexibility index (Phi) is 4.39. The highest BCUT2D eigenvalue weighted by molar-refractivity contribution is 6.83. The number of nitrogens with one attached hydrogen (secondary N) is 1. The van der Waals surface area contributed by atoms with Gasteiger partial charge in [0.2, 0.25) is 5.91 Å². The summed E-state index contributed by atoms with van der Waals surface area (Å²) in [6, 6.07) is -0.452. The van der Waals surface area contributed by atoms with Gasteiger partial charge in [0.05, 0.1) is 21.1 Å². The Bertz CT molecular complexity index is 523. The second-order valence-electron chi connectivity index (χ2n) is 7.95. The van der Waals surface area contributed by atoms with Gasteiger partial charge in [0.15, 0.2) is 0 Å². The van der Waals surface area contributed by atoms with Gasteiger partial charge in [-0.1, -0.05) is 58.2 Å². The smallest absolute Gasteiger partial charge is 0.329 e. The van der Waals surface area contributed by atoms with E-state index in [-0.39, 0.29) is 28.4 Å². The van der Waals surface area contributed by atoms with E-state index in [1.165, 1.54) is 0 Å². The number of β-lactam (4-membered cyclic amide) rings is 1. The van der Waals surface area contributed by atoms with Crippen molar-refractivity contribution in [3.63, 3.8) is 0 Å². The van der Waals surface area contributed by atoms with Crippen LogP contribution in [0.2, 0.25) is 23.2 Å². The summed E-state index contributed by atoms with van der Waals surface area (Å²) in [5, 5.41) is 2.68. The number of esters is 1. The molecule has 1 heterocycles. The first-order valence-electron chi connectivity index (χ1n) is 7.89. The number of ether oxygens (including phenoxy) is 1. The van der Waals surface area contributed by atoms with Gasteiger partial charge in [0, 0.05) is 5.04 Å². The Morgan fingerprint density at radius 2 is 2.05 bits per heavy atom. The molecule has 0 saturated carbocycles. The fourth-order valence-electron chi connectivity index (χ4n) is 2.96. The van der Waals surface area contributed by atoms with Crippen molar-refractivity contribution in [2.75, 3.05) is 6.61 Å². The second kappa shape index (κ2) is 5.69. The number of amides is 1. The molecule has 1 saturated heterocycles. The number of carbonyl (C=O) groups excluding carboxylic acids is 2. The molecule has 4 nitrogen and oxygen atoms in total. The van der Waals surface area contributed by atoms with Gasteiger partial charge >= 0.3 is 5.97 Å². The third-order valence-corrected chi connectivity index (χ3v) is 12.5. The average Bonchev–Trinajstić information content (AvgIpc) is 2.41. The fourth-order valence-corrected chi connectivity index (χ4v) is 6.03. The van der Waals surface area contributed by atoms with Crippen LogP contribution in [-0.2, 0) is 14.3 Å². The third-order valence-electron chi connectivity index (χ3n) is 5.75. The lowest BCUT2D eigenvalue weighted by Crippen LogP contribution is -2.55. The van der Waals surface area contributed by atoms with Crippen LogP contribution in [0.25, 0.3) is 0 Å². The molecular weight excluding hydrogens is 294 g/mol. The van der Waals surface area contributed by atoms with Crippen molar-refractivity contribution < 1.29 is 14.3 Å². The summed E-state index contributed by atoms with van der Waals surface area (Å²) < 4.78 is 5.61. The number of carbonyl (C=O) groups is 2. The Morgan fingerprint density at radius 3 is 2.50 bits per heavy atom. The van der Waals surface area contributed by atoms with E-state index >= 15 is 0 Å². The summed E-state index contributed by atoms with van der Waals surface area (Å²) in [6.07, 6.45) is 9.69. The van der Waals surface area contributed by atoms with Gasteiger partial charge in [-0.15, -0.1) is 0 Å². The molecule has 1 aliphatic heterocycles. The Labute approximate surface area is 134 Å². The maximum atomic E-state index is 12.1. The quantitative estimate of drug-likeness (QED) is 0.491. The lowest BCUT2D eigenvalue weighted by atomic mass is 10.00. The standard InChI is InChI=1S/C17H27NO3Si/c1-16(2,3)22(4,5)17(9-7-6-8-10-17)12-21-15(20)13-11-14(19)18-13/h6-9,13H,10-12H2,1-5H3,(H,18,19). The molecule has 2 aliphatic rings. The average molecular weight is 321 g/mol. The zero-order valence-corrected chi connectivity index (χ0v) is 15.2. The predicted octanol–water partition coefficient (Wildman–Crippen LogP) is 3.18. The van der Waals surface area contributed by atoms with Crippen molar-refractivity contribution in [1.29, 1.82) is 0 Å². The van der Waals surface area contributed by atoms with Crippen LogP contribution in [0.5, 0.6) is 0 Å². The first-order chi connectivity index (χ1) is 10.1. The van der Waals surface area contributed by atoms with E-state index in [0.29, 0.717) is 6.61 Å². The molecule has 1 N–H and O–H groups in total. The van der Waals surface area contributed by atoms with Crippen LogP contribution in [0.3, 0.4) is 0 Å². The molecular formula is C17H27NO3Si. The van der Waals surface area contributed by atoms with E-state index in [0.717, 1.165) is 6.42 Å². The molecule has 0 radical (unpaired) electrons. The van der Waals surface area contributed by atoms with Crippen molar-refractivity contribution in [3.05, 3.63) is 24.3 Å². The molecule has 0 aromatic carbocycles. The Morgan fingerprint density at radius 1 is 1.41 bits per heavy atom. The van der Waals surface area contributed by atoms with Crippen molar-refractivity contribution >= 4 is 20.0 Å². The summed E-state index contributed by atoms with van der Waals surface area (Å²) >= 11 is 0. The SMILES string of the molecule is CC(C)(C)[Si](C)(C)C1(COC(=O)C2CC(=O)N2)C=CC=CC1. The number of hydrogen-bond donors (Lipinski definition) is 1. The van der Waals surface area contributed by atoms with Crippen LogP contribution in [0.15, 0.2) is 24.3 Å². The molecule has 22 heavy (non-hydrogen) atoms. The van der Waals surface area contributed by atoms with Gasteiger partial charge < -0.3 is 10.1 Å². The van der Waals surface area contributed by atoms with Gasteiger partial charge in [-0.3, -0.25) is 4.79 Å². The fraction of sp³-hybridized carbons (Fsp3) is 0.647. The van der Waals surface area contributed by atoms with Gasteiger partial charge in [0.1, 0.15) is 6.04 Å². The van der Waals surface area contributed by atoms with E-state index in [1.54, 1.807) is 0 Å². The Balaban J connectivity index is 2.13. The van der Waals surface area contributed by atoms with E-state index < -0.39 is 14.1 Å². The maximum Gasteiger partial charge on any atom is 0.329 e. The summed E-state index contributed by atoms with van der Waals surface area (Å²) in [6.45, 7) is 12.0. The zero-order chi connectivity index (χ0) is 16.6. The highest BCUT2D eigenvalue weighted by Gasteiger charge is 2.52. The predicted molar refractivity (Wildman–Crippen MR) is 90.3 cm³/mol. The molecule has 1 fully saturated rings. The molecule has 0 aromatic rings. The van der Waals surface area contributed by atoms with Crippen molar-refractivity contribution in [2.45, 2.75) is 62.8 Å². The minimum Gasteiger partial charge on any atom is -0.464 e. The van der Waals surface area contributed by atoms with Gasteiger partial charge in [-0.2, -0.15) is 0 Å². The topological polar surface area (TPSA) is 55.4 Å². The van der Waals surface area contributed by atoms with Crippen LogP contribution >= 0.6 is 0 Å². The summed E-state index contributed by atoms with van der Waals surface area (Å²) in [5.74, 6) is -0.387. The molecule has 5 heteroatoms. The zero-order valence-electron chi connectivity index (χ0n) is 14.2. The lowest BCUT2D eigenvalue weighted by Gasteiger charge is -2.51. The summed E-state index contributed by atoms with van der Waals surface area (Å²) in [5.41, 5.74) is 0. The monoisotopic (exact) mass is 321 g/mol. The van der Waals surface area contributed by atoms with E-state index in [4.69, 9.17) is 4.74 Å². The Hall–Kier alpha value is -1.36. The molecule has 0 spiro atoms. The minimum atomic E-state index is -1.76.